The van der Waals surface area contributed by atoms with Crippen molar-refractivity contribution in [1.82, 2.24) is 0 Å². The maximum atomic E-state index is 13.6. The second-order valence-corrected chi connectivity index (χ2v) is 4.02. The smallest absolute Gasteiger partial charge is 0.166 e. The molecule has 0 spiro atoms. The molecule has 0 aromatic heterocycles. The predicted molar refractivity (Wildman–Crippen MR) is 64.7 cm³/mol. The summed E-state index contributed by atoms with van der Waals surface area (Å²) in [5, 5.41) is 0.452. The molecule has 0 saturated heterocycles. The van der Waals surface area contributed by atoms with E-state index in [-0.39, 0.29) is 5.56 Å². The van der Waals surface area contributed by atoms with Crippen molar-refractivity contribution in [2.24, 2.45) is 5.73 Å². The van der Waals surface area contributed by atoms with Crippen LogP contribution in [-0.2, 0) is 6.54 Å². The summed E-state index contributed by atoms with van der Waals surface area (Å²) in [6.45, 7) is 0.310. The molecule has 0 aliphatic heterocycles. The molecule has 0 unspecified atom stereocenters. The van der Waals surface area contributed by atoms with Crippen molar-refractivity contribution in [3.8, 4) is 11.1 Å². The van der Waals surface area contributed by atoms with E-state index in [1.807, 2.05) is 0 Å². The molecule has 0 fully saturated rings. The highest BCUT2D eigenvalue weighted by Crippen LogP contribution is 2.28. The molecule has 88 valence electrons. The zero-order valence-corrected chi connectivity index (χ0v) is 9.64. The van der Waals surface area contributed by atoms with Gasteiger partial charge in [0.05, 0.1) is 0 Å². The maximum Gasteiger partial charge on any atom is 0.166 e. The highest BCUT2D eigenvalue weighted by Gasteiger charge is 2.10. The third kappa shape index (κ3) is 2.30. The lowest BCUT2D eigenvalue weighted by Gasteiger charge is -2.07. The van der Waals surface area contributed by atoms with Gasteiger partial charge in [0.25, 0.3) is 0 Å². The van der Waals surface area contributed by atoms with Gasteiger partial charge in [0, 0.05) is 17.1 Å². The van der Waals surface area contributed by atoms with E-state index >= 15 is 0 Å². The Kier molecular flexibility index (Phi) is 3.41. The molecule has 4 heteroatoms. The summed E-state index contributed by atoms with van der Waals surface area (Å²) in [5.74, 6) is -1.74. The van der Waals surface area contributed by atoms with Crippen LogP contribution in [0.25, 0.3) is 11.1 Å². The Bertz CT molecular complexity index is 555. The minimum absolute atomic E-state index is 0.190. The average Bonchev–Trinajstić information content (AvgIpc) is 2.32. The number of halogens is 3. The first-order chi connectivity index (χ1) is 8.13. The van der Waals surface area contributed by atoms with Gasteiger partial charge in [0.15, 0.2) is 11.6 Å². The maximum absolute atomic E-state index is 13.6. The number of hydrogen-bond donors (Lipinski definition) is 1. The summed E-state index contributed by atoms with van der Waals surface area (Å²) in [6.07, 6.45) is 0. The van der Waals surface area contributed by atoms with Gasteiger partial charge in [-0.3, -0.25) is 0 Å². The molecule has 1 nitrogen and oxygen atoms in total. The van der Waals surface area contributed by atoms with Crippen molar-refractivity contribution in [3.63, 3.8) is 0 Å². The number of benzene rings is 2. The van der Waals surface area contributed by atoms with Gasteiger partial charge >= 0.3 is 0 Å². The fourth-order valence-corrected chi connectivity index (χ4v) is 1.86. The Labute approximate surface area is 103 Å². The van der Waals surface area contributed by atoms with Gasteiger partial charge in [0.1, 0.15) is 0 Å². The molecule has 0 radical (unpaired) electrons. The van der Waals surface area contributed by atoms with Crippen LogP contribution in [0, 0.1) is 11.6 Å². The Morgan fingerprint density at radius 2 is 1.88 bits per heavy atom. The number of hydrogen-bond acceptors (Lipinski definition) is 1. The second kappa shape index (κ2) is 4.82. The van der Waals surface area contributed by atoms with Gasteiger partial charge in [-0.2, -0.15) is 0 Å². The molecule has 2 aromatic carbocycles. The summed E-state index contributed by atoms with van der Waals surface area (Å²) in [5.41, 5.74) is 6.97. The first-order valence-electron chi connectivity index (χ1n) is 5.06. The highest BCUT2D eigenvalue weighted by molar-refractivity contribution is 6.31. The van der Waals surface area contributed by atoms with E-state index in [0.29, 0.717) is 17.1 Å². The third-order valence-corrected chi connectivity index (χ3v) is 2.89. The first kappa shape index (κ1) is 12.0. The van der Waals surface area contributed by atoms with Crippen LogP contribution >= 0.6 is 11.6 Å². The number of rotatable bonds is 2. The van der Waals surface area contributed by atoms with Crippen LogP contribution in [0.1, 0.15) is 5.56 Å². The second-order valence-electron chi connectivity index (χ2n) is 3.61. The normalized spacial score (nSPS) is 10.6. The molecule has 0 saturated carbocycles. The topological polar surface area (TPSA) is 26.0 Å². The minimum Gasteiger partial charge on any atom is -0.326 e. The quantitative estimate of drug-likeness (QED) is 0.867. The Morgan fingerprint density at radius 3 is 2.53 bits per heavy atom. The zero-order valence-electron chi connectivity index (χ0n) is 8.88. The molecule has 0 bridgehead atoms. The van der Waals surface area contributed by atoms with E-state index in [1.54, 1.807) is 18.2 Å². The number of nitrogens with two attached hydrogens (primary N) is 1. The minimum atomic E-state index is -0.874. The lowest BCUT2D eigenvalue weighted by Crippen LogP contribution is -1.97. The van der Waals surface area contributed by atoms with Crippen molar-refractivity contribution < 1.29 is 8.78 Å². The fourth-order valence-electron chi connectivity index (χ4n) is 1.61. The van der Waals surface area contributed by atoms with Gasteiger partial charge in [0.2, 0.25) is 0 Å². The summed E-state index contributed by atoms with van der Waals surface area (Å²) < 4.78 is 26.6. The molecule has 17 heavy (non-hydrogen) atoms. The molecule has 0 aliphatic rings. The monoisotopic (exact) mass is 253 g/mol. The predicted octanol–water partition coefficient (Wildman–Crippen LogP) is 3.74. The highest BCUT2D eigenvalue weighted by atomic mass is 35.5. The summed E-state index contributed by atoms with van der Waals surface area (Å²) in [4.78, 5) is 0. The van der Waals surface area contributed by atoms with E-state index in [0.717, 1.165) is 11.6 Å². The summed E-state index contributed by atoms with van der Waals surface area (Å²) in [6, 6.07) is 9.01. The SMILES string of the molecule is NCc1ccc(-c2cccc(F)c2F)cc1Cl. The molecule has 0 aliphatic carbocycles. The van der Waals surface area contributed by atoms with Gasteiger partial charge in [-0.15, -0.1) is 0 Å². The molecule has 0 amide bonds. The van der Waals surface area contributed by atoms with Crippen LogP contribution in [0.15, 0.2) is 36.4 Å². The van der Waals surface area contributed by atoms with E-state index in [2.05, 4.69) is 0 Å². The van der Waals surface area contributed by atoms with Crippen LogP contribution in [-0.4, -0.2) is 0 Å². The molecule has 2 rings (SSSR count). The lowest BCUT2D eigenvalue weighted by atomic mass is 10.0. The van der Waals surface area contributed by atoms with E-state index in [9.17, 15) is 8.78 Å². The van der Waals surface area contributed by atoms with Gasteiger partial charge in [-0.1, -0.05) is 35.9 Å². The van der Waals surface area contributed by atoms with Crippen LogP contribution in [0.2, 0.25) is 5.02 Å². The third-order valence-electron chi connectivity index (χ3n) is 2.54. The average molecular weight is 254 g/mol. The van der Waals surface area contributed by atoms with Crippen LogP contribution in [0.3, 0.4) is 0 Å². The lowest BCUT2D eigenvalue weighted by molar-refractivity contribution is 0.511. The van der Waals surface area contributed by atoms with Crippen molar-refractivity contribution in [2.75, 3.05) is 0 Å². The standard InChI is InChI=1S/C13H10ClF2N/c14-11-6-8(4-5-9(11)7-17)10-2-1-3-12(15)13(10)16/h1-6H,7,17H2. The molecule has 0 atom stereocenters. The van der Waals surface area contributed by atoms with Crippen LogP contribution in [0.4, 0.5) is 8.78 Å². The Hall–Kier alpha value is -1.45. The molecule has 2 N–H and O–H groups in total. The van der Waals surface area contributed by atoms with Crippen molar-refractivity contribution in [3.05, 3.63) is 58.6 Å². The molecule has 2 aromatic rings. The summed E-state index contributed by atoms with van der Waals surface area (Å²) >= 11 is 5.98. The Morgan fingerprint density at radius 1 is 1.12 bits per heavy atom. The van der Waals surface area contributed by atoms with Crippen molar-refractivity contribution >= 4 is 11.6 Å². The van der Waals surface area contributed by atoms with E-state index < -0.39 is 11.6 Å². The van der Waals surface area contributed by atoms with Crippen molar-refractivity contribution in [1.29, 1.82) is 0 Å². The van der Waals surface area contributed by atoms with E-state index in [1.165, 1.54) is 12.1 Å². The van der Waals surface area contributed by atoms with Gasteiger partial charge < -0.3 is 5.73 Å². The Balaban J connectivity index is 2.54. The van der Waals surface area contributed by atoms with Gasteiger partial charge in [-0.05, 0) is 23.3 Å². The first-order valence-corrected chi connectivity index (χ1v) is 5.44. The van der Waals surface area contributed by atoms with Crippen LogP contribution < -0.4 is 5.73 Å². The van der Waals surface area contributed by atoms with E-state index in [4.69, 9.17) is 17.3 Å². The van der Waals surface area contributed by atoms with Crippen molar-refractivity contribution in [2.45, 2.75) is 6.54 Å². The van der Waals surface area contributed by atoms with Crippen LogP contribution in [0.5, 0.6) is 0 Å². The fraction of sp³-hybridized carbons (Fsp3) is 0.0769. The zero-order chi connectivity index (χ0) is 12.4. The molecular formula is C13H10ClF2N. The summed E-state index contributed by atoms with van der Waals surface area (Å²) in [7, 11) is 0. The molecular weight excluding hydrogens is 244 g/mol. The largest absolute Gasteiger partial charge is 0.326 e. The molecule has 0 heterocycles. The van der Waals surface area contributed by atoms with Gasteiger partial charge in [-0.25, -0.2) is 8.78 Å².